The van der Waals surface area contributed by atoms with Crippen LogP contribution < -0.4 is 5.32 Å². The summed E-state index contributed by atoms with van der Waals surface area (Å²) >= 11 is 1.24. The first-order chi connectivity index (χ1) is 8.08. The molecule has 0 unspecified atom stereocenters. The van der Waals surface area contributed by atoms with Crippen LogP contribution in [0, 0.1) is 19.7 Å². The summed E-state index contributed by atoms with van der Waals surface area (Å²) in [5, 5.41) is 11.1. The number of aromatic nitrogens is 2. The van der Waals surface area contributed by atoms with Crippen molar-refractivity contribution >= 4 is 22.4 Å². The van der Waals surface area contributed by atoms with Gasteiger partial charge in [-0.2, -0.15) is 0 Å². The second-order valence-electron chi connectivity index (χ2n) is 3.52. The Bertz CT molecular complexity index is 568. The van der Waals surface area contributed by atoms with Crippen LogP contribution in [0.4, 0.5) is 9.52 Å². The van der Waals surface area contributed by atoms with Crippen molar-refractivity contribution in [2.45, 2.75) is 13.8 Å². The van der Waals surface area contributed by atoms with E-state index in [9.17, 15) is 9.18 Å². The highest BCUT2D eigenvalue weighted by Crippen LogP contribution is 2.17. The second-order valence-corrected chi connectivity index (χ2v) is 4.70. The Kier molecular flexibility index (Phi) is 3.14. The van der Waals surface area contributed by atoms with E-state index in [1.165, 1.54) is 17.4 Å². The van der Waals surface area contributed by atoms with Crippen molar-refractivity contribution in [2.75, 3.05) is 5.32 Å². The third kappa shape index (κ3) is 2.47. The molecule has 0 aliphatic heterocycles. The first kappa shape index (κ1) is 11.7. The molecule has 0 radical (unpaired) electrons. The van der Waals surface area contributed by atoms with Gasteiger partial charge in [0.05, 0.1) is 5.56 Å². The van der Waals surface area contributed by atoms with Crippen molar-refractivity contribution in [2.24, 2.45) is 0 Å². The van der Waals surface area contributed by atoms with Crippen LogP contribution in [0.2, 0.25) is 0 Å². The summed E-state index contributed by atoms with van der Waals surface area (Å²) in [6.45, 7) is 3.39. The molecule has 88 valence electrons. The third-order valence-corrected chi connectivity index (χ3v) is 2.94. The summed E-state index contributed by atoms with van der Waals surface area (Å²) in [6, 6.07) is 4.69. The molecule has 0 saturated carbocycles. The van der Waals surface area contributed by atoms with Crippen molar-refractivity contribution in [1.29, 1.82) is 0 Å². The lowest BCUT2D eigenvalue weighted by Gasteiger charge is -2.04. The number of nitrogens with one attached hydrogen (secondary N) is 1. The Morgan fingerprint density at radius 1 is 1.35 bits per heavy atom. The fraction of sp³-hybridized carbons (Fsp3) is 0.182. The van der Waals surface area contributed by atoms with E-state index in [0.717, 1.165) is 5.01 Å². The van der Waals surface area contributed by atoms with Gasteiger partial charge in [0.1, 0.15) is 10.8 Å². The van der Waals surface area contributed by atoms with Crippen molar-refractivity contribution < 1.29 is 9.18 Å². The fourth-order valence-corrected chi connectivity index (χ4v) is 1.92. The lowest BCUT2D eigenvalue weighted by Crippen LogP contribution is -2.14. The number of anilines is 1. The number of amides is 1. The molecule has 2 rings (SSSR count). The number of hydrogen-bond acceptors (Lipinski definition) is 4. The Morgan fingerprint density at radius 2 is 2.12 bits per heavy atom. The van der Waals surface area contributed by atoms with Gasteiger partial charge in [0.2, 0.25) is 5.13 Å². The van der Waals surface area contributed by atoms with Gasteiger partial charge >= 0.3 is 0 Å². The fourth-order valence-electron chi connectivity index (χ4n) is 1.33. The highest BCUT2D eigenvalue weighted by atomic mass is 32.1. The molecule has 0 saturated heterocycles. The molecule has 1 aromatic carbocycles. The summed E-state index contributed by atoms with van der Waals surface area (Å²) in [5.41, 5.74) is 0.448. The third-order valence-electron chi connectivity index (χ3n) is 2.18. The molecule has 0 aliphatic rings. The quantitative estimate of drug-likeness (QED) is 0.892. The molecule has 0 bridgehead atoms. The first-order valence-corrected chi connectivity index (χ1v) is 5.76. The lowest BCUT2D eigenvalue weighted by molar-refractivity contribution is 0.102. The maximum atomic E-state index is 13.7. The van der Waals surface area contributed by atoms with Crippen LogP contribution in [0.25, 0.3) is 0 Å². The summed E-state index contributed by atoms with van der Waals surface area (Å²) in [6.07, 6.45) is 0. The van der Waals surface area contributed by atoms with Gasteiger partial charge < -0.3 is 0 Å². The lowest BCUT2D eigenvalue weighted by atomic mass is 10.1. The maximum absolute atomic E-state index is 13.7. The van der Waals surface area contributed by atoms with Crippen LogP contribution in [-0.4, -0.2) is 16.1 Å². The largest absolute Gasteiger partial charge is 0.296 e. The topological polar surface area (TPSA) is 54.9 Å². The Morgan fingerprint density at radius 3 is 2.76 bits per heavy atom. The van der Waals surface area contributed by atoms with E-state index in [2.05, 4.69) is 15.5 Å². The van der Waals surface area contributed by atoms with Crippen LogP contribution in [0.1, 0.15) is 20.9 Å². The van der Waals surface area contributed by atoms with Crippen molar-refractivity contribution in [3.05, 3.63) is 40.2 Å². The van der Waals surface area contributed by atoms with E-state index < -0.39 is 11.7 Å². The summed E-state index contributed by atoms with van der Waals surface area (Å²) in [7, 11) is 0. The Labute approximate surface area is 102 Å². The standard InChI is InChI=1S/C11H10FN3OS/c1-6-4-3-5-8(9(6)12)10(16)13-11-15-14-7(2)17-11/h3-5H,1-2H3,(H,13,15,16). The molecule has 1 amide bonds. The smallest absolute Gasteiger partial charge is 0.260 e. The van der Waals surface area contributed by atoms with E-state index in [-0.39, 0.29) is 5.56 Å². The van der Waals surface area contributed by atoms with Gasteiger partial charge in [0.15, 0.2) is 0 Å². The first-order valence-electron chi connectivity index (χ1n) is 4.94. The van der Waals surface area contributed by atoms with Crippen molar-refractivity contribution in [3.63, 3.8) is 0 Å². The van der Waals surface area contributed by atoms with Crippen LogP contribution in [0.15, 0.2) is 18.2 Å². The Balaban J connectivity index is 2.23. The van der Waals surface area contributed by atoms with Crippen LogP contribution >= 0.6 is 11.3 Å². The molecular weight excluding hydrogens is 241 g/mol. The molecule has 1 N–H and O–H groups in total. The number of carbonyl (C=O) groups is 1. The van der Waals surface area contributed by atoms with Crippen LogP contribution in [0.5, 0.6) is 0 Å². The molecule has 1 heterocycles. The average Bonchev–Trinajstić information content (AvgIpc) is 2.68. The minimum atomic E-state index is -0.512. The number of halogens is 1. The van der Waals surface area contributed by atoms with Crippen LogP contribution in [-0.2, 0) is 0 Å². The number of rotatable bonds is 2. The zero-order valence-corrected chi connectivity index (χ0v) is 10.1. The minimum absolute atomic E-state index is 0.0119. The van der Waals surface area contributed by atoms with Gasteiger partial charge in [-0.3, -0.25) is 10.1 Å². The van der Waals surface area contributed by atoms with Gasteiger partial charge in [-0.15, -0.1) is 10.2 Å². The van der Waals surface area contributed by atoms with Crippen molar-refractivity contribution in [1.82, 2.24) is 10.2 Å². The molecule has 4 nitrogen and oxygen atoms in total. The van der Waals surface area contributed by atoms with E-state index in [4.69, 9.17) is 0 Å². The van der Waals surface area contributed by atoms with E-state index in [1.807, 2.05) is 0 Å². The number of nitrogens with zero attached hydrogens (tertiary/aromatic N) is 2. The highest BCUT2D eigenvalue weighted by Gasteiger charge is 2.14. The second kappa shape index (κ2) is 4.58. The van der Waals surface area contributed by atoms with Gasteiger partial charge in [0.25, 0.3) is 5.91 Å². The van der Waals surface area contributed by atoms with Gasteiger partial charge in [0, 0.05) is 0 Å². The summed E-state index contributed by atoms with van der Waals surface area (Å²) in [4.78, 5) is 11.8. The normalized spacial score (nSPS) is 10.3. The monoisotopic (exact) mass is 251 g/mol. The van der Waals surface area contributed by atoms with Gasteiger partial charge in [-0.25, -0.2) is 4.39 Å². The van der Waals surface area contributed by atoms with E-state index in [1.54, 1.807) is 26.0 Å². The predicted octanol–water partition coefficient (Wildman–Crippen LogP) is 2.55. The molecule has 6 heteroatoms. The molecule has 1 aromatic heterocycles. The van der Waals surface area contributed by atoms with Gasteiger partial charge in [-0.05, 0) is 25.5 Å². The SMILES string of the molecule is Cc1nnc(NC(=O)c2cccc(C)c2F)s1. The molecule has 2 aromatic rings. The number of benzene rings is 1. The summed E-state index contributed by atoms with van der Waals surface area (Å²) < 4.78 is 13.7. The number of aryl methyl sites for hydroxylation is 2. The average molecular weight is 251 g/mol. The molecular formula is C11H10FN3OS. The molecule has 0 spiro atoms. The van der Waals surface area contributed by atoms with Crippen molar-refractivity contribution in [3.8, 4) is 0 Å². The number of hydrogen-bond donors (Lipinski definition) is 1. The van der Waals surface area contributed by atoms with E-state index >= 15 is 0 Å². The van der Waals surface area contributed by atoms with Crippen LogP contribution in [0.3, 0.4) is 0 Å². The maximum Gasteiger partial charge on any atom is 0.260 e. The van der Waals surface area contributed by atoms with E-state index in [0.29, 0.717) is 10.7 Å². The summed E-state index contributed by atoms with van der Waals surface area (Å²) in [5.74, 6) is -1.02. The Hall–Kier alpha value is -1.82. The highest BCUT2D eigenvalue weighted by molar-refractivity contribution is 7.15. The van der Waals surface area contributed by atoms with Gasteiger partial charge in [-0.1, -0.05) is 23.5 Å². The molecule has 0 fully saturated rings. The zero-order chi connectivity index (χ0) is 12.4. The zero-order valence-electron chi connectivity index (χ0n) is 9.32. The predicted molar refractivity (Wildman–Crippen MR) is 63.7 cm³/mol. The molecule has 0 aliphatic carbocycles. The molecule has 17 heavy (non-hydrogen) atoms. The molecule has 0 atom stereocenters. The minimum Gasteiger partial charge on any atom is -0.296 e. The number of carbonyl (C=O) groups excluding carboxylic acids is 1.